The van der Waals surface area contributed by atoms with Crippen LogP contribution < -0.4 is 0 Å². The maximum atomic E-state index is 3.49. The third kappa shape index (κ3) is 4.94. The van der Waals surface area contributed by atoms with Gasteiger partial charge >= 0.3 is 0 Å². The first kappa shape index (κ1) is 5.94. The van der Waals surface area contributed by atoms with E-state index in [-0.39, 0.29) is 0 Å². The highest BCUT2D eigenvalue weighted by atomic mass is 14.6. The number of hydrogen-bond donors (Lipinski definition) is 0. The summed E-state index contributed by atoms with van der Waals surface area (Å²) in [5, 5.41) is 0. The average Bonchev–Trinajstić information content (AvgIpc) is 1.69. The SMILES string of the molecule is CN=C=C=C=NC. The number of hydrogen-bond acceptors (Lipinski definition) is 2. The van der Waals surface area contributed by atoms with Crippen LogP contribution >= 0.6 is 0 Å². The van der Waals surface area contributed by atoms with Gasteiger partial charge in [0.25, 0.3) is 0 Å². The highest BCUT2D eigenvalue weighted by Gasteiger charge is 1.37. The van der Waals surface area contributed by atoms with Crippen molar-refractivity contribution in [2.45, 2.75) is 0 Å². The Labute approximate surface area is 42.6 Å². The Morgan fingerprint density at radius 1 is 1.00 bits per heavy atom. The van der Waals surface area contributed by atoms with Crippen LogP contribution in [0.3, 0.4) is 0 Å². The van der Waals surface area contributed by atoms with Crippen LogP contribution in [0.2, 0.25) is 0 Å². The maximum absolute atomic E-state index is 3.49. The van der Waals surface area contributed by atoms with Gasteiger partial charge in [-0.1, -0.05) is 0 Å². The number of nitrogens with zero attached hydrogens (tertiary/aromatic N) is 2. The van der Waals surface area contributed by atoms with Gasteiger partial charge in [0, 0.05) is 31.6 Å². The van der Waals surface area contributed by atoms with Crippen molar-refractivity contribution in [3.8, 4) is 0 Å². The van der Waals surface area contributed by atoms with Gasteiger partial charge < -0.3 is 0 Å². The van der Waals surface area contributed by atoms with Crippen molar-refractivity contribution in [1.29, 1.82) is 0 Å². The zero-order valence-corrected chi connectivity index (χ0v) is 4.39. The molecule has 0 spiro atoms. The highest BCUT2D eigenvalue weighted by molar-refractivity contribution is 5.65. The maximum Gasteiger partial charge on any atom is 0.0436 e. The molecule has 0 aromatic heterocycles. The Morgan fingerprint density at radius 2 is 1.43 bits per heavy atom. The Bertz CT molecular complexity index is 135. The Kier molecular flexibility index (Phi) is 4.19. The molecule has 0 aromatic rings. The van der Waals surface area contributed by atoms with Gasteiger partial charge in [0.05, 0.1) is 0 Å². The van der Waals surface area contributed by atoms with Crippen LogP contribution in [0.1, 0.15) is 0 Å². The highest BCUT2D eigenvalue weighted by Crippen LogP contribution is 1.40. The molecule has 2 heteroatoms. The van der Waals surface area contributed by atoms with E-state index in [2.05, 4.69) is 27.5 Å². The summed E-state index contributed by atoms with van der Waals surface area (Å²) in [7, 11) is 3.23. The summed E-state index contributed by atoms with van der Waals surface area (Å²) in [4.78, 5) is 6.98. The summed E-state index contributed by atoms with van der Waals surface area (Å²) in [5.74, 6) is 4.84. The van der Waals surface area contributed by atoms with Crippen LogP contribution in [0.5, 0.6) is 0 Å². The van der Waals surface area contributed by atoms with Crippen molar-refractivity contribution in [2.24, 2.45) is 9.98 Å². The lowest BCUT2D eigenvalue weighted by Crippen LogP contribution is -1.47. The molecule has 0 N–H and O–H groups in total. The molecule has 0 aliphatic heterocycles. The van der Waals surface area contributed by atoms with Crippen molar-refractivity contribution in [3.63, 3.8) is 0 Å². The van der Waals surface area contributed by atoms with E-state index in [4.69, 9.17) is 0 Å². The molecule has 0 atom stereocenters. The van der Waals surface area contributed by atoms with Gasteiger partial charge in [-0.2, -0.15) is 0 Å². The minimum absolute atomic E-state index is 1.62. The molecule has 0 rings (SSSR count). The predicted molar refractivity (Wildman–Crippen MR) is 30.2 cm³/mol. The first-order chi connectivity index (χ1) is 3.41. The fraction of sp³-hybridized carbons (Fsp3) is 0.400. The van der Waals surface area contributed by atoms with E-state index in [9.17, 15) is 0 Å². The van der Waals surface area contributed by atoms with E-state index in [1.54, 1.807) is 14.1 Å². The van der Waals surface area contributed by atoms with E-state index < -0.39 is 0 Å². The average molecular weight is 94.1 g/mol. The van der Waals surface area contributed by atoms with Crippen molar-refractivity contribution in [2.75, 3.05) is 14.1 Å². The fourth-order valence-electron chi connectivity index (χ4n) is 0.137. The standard InChI is InChI=1S/C5H6N2/c1-6-4-3-5-7-2/h1-2H3. The van der Waals surface area contributed by atoms with Crippen LogP contribution in [0.15, 0.2) is 15.7 Å². The Balaban J connectivity index is 4.19. The zero-order chi connectivity index (χ0) is 5.54. The van der Waals surface area contributed by atoms with Gasteiger partial charge in [-0.05, 0) is 0 Å². The van der Waals surface area contributed by atoms with Crippen molar-refractivity contribution in [1.82, 2.24) is 0 Å². The summed E-state index contributed by atoms with van der Waals surface area (Å²) >= 11 is 0. The second-order valence-corrected chi connectivity index (χ2v) is 0.796. The normalized spacial score (nSPS) is 4.86. The lowest BCUT2D eigenvalue weighted by Gasteiger charge is -1.48. The summed E-state index contributed by atoms with van der Waals surface area (Å²) in [6, 6.07) is 0. The second-order valence-electron chi connectivity index (χ2n) is 0.796. The lowest BCUT2D eigenvalue weighted by atomic mass is 10.9. The summed E-state index contributed by atoms with van der Waals surface area (Å²) < 4.78 is 0. The molecule has 0 fully saturated rings. The molecule has 36 valence electrons. The number of aliphatic imine (C=N–C) groups is 2. The fourth-order valence-corrected chi connectivity index (χ4v) is 0.137. The topological polar surface area (TPSA) is 24.7 Å². The van der Waals surface area contributed by atoms with Gasteiger partial charge in [0.2, 0.25) is 0 Å². The minimum atomic E-state index is 1.62. The minimum Gasteiger partial charge on any atom is -0.238 e. The Morgan fingerprint density at radius 3 is 1.71 bits per heavy atom. The monoisotopic (exact) mass is 94.1 g/mol. The molecule has 0 aromatic carbocycles. The van der Waals surface area contributed by atoms with Gasteiger partial charge in [-0.25, -0.2) is 9.98 Å². The molecule has 0 saturated carbocycles. The zero-order valence-electron chi connectivity index (χ0n) is 4.39. The van der Waals surface area contributed by atoms with Crippen LogP contribution in [-0.2, 0) is 0 Å². The molecule has 0 saturated heterocycles. The molecule has 0 radical (unpaired) electrons. The van der Waals surface area contributed by atoms with Gasteiger partial charge in [0.15, 0.2) is 0 Å². The third-order valence-electron chi connectivity index (χ3n) is 0.335. The first-order valence-corrected chi connectivity index (χ1v) is 1.84. The molecular formula is C5H6N2. The summed E-state index contributed by atoms with van der Waals surface area (Å²) in [5.41, 5.74) is 2.45. The predicted octanol–water partition coefficient (Wildman–Crippen LogP) is 0.297. The molecular weight excluding hydrogens is 88.1 g/mol. The van der Waals surface area contributed by atoms with Crippen LogP contribution in [0, 0.1) is 0 Å². The Hall–Kier alpha value is -1.06. The smallest absolute Gasteiger partial charge is 0.0436 e. The molecule has 0 unspecified atom stereocenters. The molecule has 0 aliphatic carbocycles. The molecule has 0 heterocycles. The number of rotatable bonds is 0. The molecule has 7 heavy (non-hydrogen) atoms. The van der Waals surface area contributed by atoms with E-state index >= 15 is 0 Å². The van der Waals surface area contributed by atoms with E-state index in [0.717, 1.165) is 0 Å². The third-order valence-corrected chi connectivity index (χ3v) is 0.335. The van der Waals surface area contributed by atoms with Gasteiger partial charge in [0.1, 0.15) is 0 Å². The lowest BCUT2D eigenvalue weighted by molar-refractivity contribution is 1.48. The molecule has 2 nitrogen and oxygen atoms in total. The molecule has 0 bridgehead atoms. The van der Waals surface area contributed by atoms with Crippen LogP contribution in [0.4, 0.5) is 0 Å². The first-order valence-electron chi connectivity index (χ1n) is 1.84. The van der Waals surface area contributed by atoms with Crippen LogP contribution in [0.25, 0.3) is 0 Å². The molecule has 0 amide bonds. The second kappa shape index (κ2) is 4.94. The van der Waals surface area contributed by atoms with Crippen molar-refractivity contribution in [3.05, 3.63) is 5.73 Å². The quantitative estimate of drug-likeness (QED) is 0.304. The van der Waals surface area contributed by atoms with Gasteiger partial charge in [-0.3, -0.25) is 0 Å². The summed E-state index contributed by atoms with van der Waals surface area (Å²) in [6.45, 7) is 0. The van der Waals surface area contributed by atoms with E-state index in [0.29, 0.717) is 0 Å². The summed E-state index contributed by atoms with van der Waals surface area (Å²) in [6.07, 6.45) is 0. The van der Waals surface area contributed by atoms with Crippen molar-refractivity contribution >= 4 is 11.7 Å². The van der Waals surface area contributed by atoms with Gasteiger partial charge in [-0.15, -0.1) is 0 Å². The molecule has 0 aliphatic rings. The van der Waals surface area contributed by atoms with E-state index in [1.165, 1.54) is 0 Å². The van der Waals surface area contributed by atoms with E-state index in [1.807, 2.05) is 0 Å². The largest absolute Gasteiger partial charge is 0.238 e. The van der Waals surface area contributed by atoms with Crippen LogP contribution in [-0.4, -0.2) is 25.8 Å². The van der Waals surface area contributed by atoms with Crippen molar-refractivity contribution < 1.29 is 0 Å².